The van der Waals surface area contributed by atoms with Crippen LogP contribution in [-0.4, -0.2) is 12.6 Å². The van der Waals surface area contributed by atoms with Crippen molar-refractivity contribution in [3.05, 3.63) is 47.6 Å². The Morgan fingerprint density at radius 1 is 0.938 bits per heavy atom. The molecule has 82 valence electrons. The van der Waals surface area contributed by atoms with Crippen LogP contribution in [0.15, 0.2) is 47.6 Å². The molecular weight excluding hydrogens is 200 g/mol. The van der Waals surface area contributed by atoms with Gasteiger partial charge in [0.2, 0.25) is 0 Å². The molecule has 2 heteroatoms. The zero-order valence-corrected chi connectivity index (χ0v) is 9.00. The maximum atomic E-state index is 10.9. The van der Waals surface area contributed by atoms with Gasteiger partial charge in [0, 0.05) is 11.8 Å². The van der Waals surface area contributed by atoms with Crippen LogP contribution in [0.1, 0.15) is 12.8 Å². The molecule has 0 saturated carbocycles. The van der Waals surface area contributed by atoms with Crippen molar-refractivity contribution in [1.82, 2.24) is 0 Å². The van der Waals surface area contributed by atoms with Crippen LogP contribution in [0.4, 0.5) is 0 Å². The number of carbonyl (C=O) groups excluding carboxylic acids is 2. The summed E-state index contributed by atoms with van der Waals surface area (Å²) in [6.07, 6.45) is 15.2. The van der Waals surface area contributed by atoms with E-state index in [4.69, 9.17) is 0 Å². The third-order valence-corrected chi connectivity index (χ3v) is 2.89. The summed E-state index contributed by atoms with van der Waals surface area (Å²) in [5.41, 5.74) is 2.30. The second kappa shape index (κ2) is 4.88. The molecule has 0 spiro atoms. The number of hydrogen-bond acceptors (Lipinski definition) is 2. The number of carbonyl (C=O) groups is 2. The largest absolute Gasteiger partial charge is 0.303 e. The Hall–Kier alpha value is -1.70. The molecule has 0 amide bonds. The van der Waals surface area contributed by atoms with Crippen molar-refractivity contribution >= 4 is 12.6 Å². The molecule has 0 fully saturated rings. The van der Waals surface area contributed by atoms with Crippen molar-refractivity contribution in [2.24, 2.45) is 11.8 Å². The van der Waals surface area contributed by atoms with Crippen LogP contribution in [0.3, 0.4) is 0 Å². The summed E-state index contributed by atoms with van der Waals surface area (Å²) in [5.74, 6) is -0.295. The van der Waals surface area contributed by atoms with Gasteiger partial charge in [-0.1, -0.05) is 36.5 Å². The quantitative estimate of drug-likeness (QED) is 0.661. The molecule has 16 heavy (non-hydrogen) atoms. The summed E-state index contributed by atoms with van der Waals surface area (Å²) in [6, 6.07) is 0. The van der Waals surface area contributed by atoms with E-state index in [0.717, 1.165) is 30.1 Å². The molecule has 2 rings (SSSR count). The van der Waals surface area contributed by atoms with Gasteiger partial charge in [0.25, 0.3) is 0 Å². The SMILES string of the molecule is O=CC1/C=C2/C=CC=C/C(=C/C(C=O)C1)C2. The summed E-state index contributed by atoms with van der Waals surface area (Å²) in [5, 5.41) is 0. The molecule has 2 bridgehead atoms. The number of aldehydes is 2. The highest BCUT2D eigenvalue weighted by Gasteiger charge is 2.16. The molecule has 2 unspecified atom stereocenters. The molecule has 2 nitrogen and oxygen atoms in total. The summed E-state index contributed by atoms with van der Waals surface area (Å²) in [4.78, 5) is 21.8. The molecule has 2 atom stereocenters. The first-order valence-corrected chi connectivity index (χ1v) is 5.48. The Bertz CT molecular complexity index is 372. The second-order valence-corrected chi connectivity index (χ2v) is 4.21. The van der Waals surface area contributed by atoms with Crippen molar-refractivity contribution in [2.75, 3.05) is 0 Å². The number of rotatable bonds is 2. The van der Waals surface area contributed by atoms with E-state index < -0.39 is 0 Å². The first kappa shape index (κ1) is 10.8. The van der Waals surface area contributed by atoms with Gasteiger partial charge in [-0.3, -0.25) is 0 Å². The third-order valence-electron chi connectivity index (χ3n) is 2.89. The van der Waals surface area contributed by atoms with Crippen molar-refractivity contribution < 1.29 is 9.59 Å². The molecule has 0 N–H and O–H groups in total. The predicted molar refractivity (Wildman–Crippen MR) is 62.8 cm³/mol. The van der Waals surface area contributed by atoms with E-state index in [2.05, 4.69) is 0 Å². The smallest absolute Gasteiger partial charge is 0.126 e. The minimum Gasteiger partial charge on any atom is -0.303 e. The monoisotopic (exact) mass is 214 g/mol. The Morgan fingerprint density at radius 2 is 1.44 bits per heavy atom. The fourth-order valence-corrected chi connectivity index (χ4v) is 2.13. The third kappa shape index (κ3) is 2.45. The van der Waals surface area contributed by atoms with Gasteiger partial charge in [-0.05, 0) is 24.0 Å². The van der Waals surface area contributed by atoms with E-state index >= 15 is 0 Å². The average Bonchev–Trinajstić information content (AvgIpc) is 2.50. The Labute approximate surface area is 95.0 Å². The van der Waals surface area contributed by atoms with Crippen LogP contribution < -0.4 is 0 Å². The van der Waals surface area contributed by atoms with Gasteiger partial charge >= 0.3 is 0 Å². The van der Waals surface area contributed by atoms with E-state index in [1.54, 1.807) is 0 Å². The van der Waals surface area contributed by atoms with Crippen LogP contribution in [0.5, 0.6) is 0 Å². The van der Waals surface area contributed by atoms with Crippen molar-refractivity contribution in [3.8, 4) is 0 Å². The van der Waals surface area contributed by atoms with Crippen molar-refractivity contribution in [2.45, 2.75) is 12.8 Å². The van der Waals surface area contributed by atoms with Gasteiger partial charge in [0.15, 0.2) is 0 Å². The lowest BCUT2D eigenvalue weighted by molar-refractivity contribution is -0.112. The number of allylic oxidation sites excluding steroid dienone is 8. The van der Waals surface area contributed by atoms with Crippen LogP contribution >= 0.6 is 0 Å². The molecule has 0 radical (unpaired) electrons. The molecule has 0 heterocycles. The normalized spacial score (nSPS) is 34.8. The molecule has 0 aromatic rings. The van der Waals surface area contributed by atoms with E-state index in [-0.39, 0.29) is 11.8 Å². The number of hydrogen-bond donors (Lipinski definition) is 0. The van der Waals surface area contributed by atoms with Crippen LogP contribution in [-0.2, 0) is 9.59 Å². The number of fused-ring (bicyclic) bond motifs is 2. The van der Waals surface area contributed by atoms with Crippen molar-refractivity contribution in [3.63, 3.8) is 0 Å². The lowest BCUT2D eigenvalue weighted by Gasteiger charge is -2.15. The van der Waals surface area contributed by atoms with Gasteiger partial charge in [0.05, 0.1) is 0 Å². The van der Waals surface area contributed by atoms with E-state index in [9.17, 15) is 9.59 Å². The topological polar surface area (TPSA) is 34.1 Å². The molecule has 2 aliphatic carbocycles. The average molecular weight is 214 g/mol. The van der Waals surface area contributed by atoms with Gasteiger partial charge in [-0.2, -0.15) is 0 Å². The van der Waals surface area contributed by atoms with Gasteiger partial charge in [-0.15, -0.1) is 0 Å². The van der Waals surface area contributed by atoms with Gasteiger partial charge in [0.1, 0.15) is 12.6 Å². The minimum atomic E-state index is -0.147. The summed E-state index contributed by atoms with van der Waals surface area (Å²) in [7, 11) is 0. The zero-order chi connectivity index (χ0) is 11.4. The Morgan fingerprint density at radius 3 is 1.88 bits per heavy atom. The second-order valence-electron chi connectivity index (χ2n) is 4.21. The first-order chi connectivity index (χ1) is 7.81. The lowest BCUT2D eigenvalue weighted by Crippen LogP contribution is -2.11. The lowest BCUT2D eigenvalue weighted by atomic mass is 9.88. The Kier molecular flexibility index (Phi) is 3.30. The van der Waals surface area contributed by atoms with Crippen LogP contribution in [0, 0.1) is 11.8 Å². The standard InChI is InChI=1S/C14H14O2/c15-9-13-6-11-3-1-2-4-12(5-11)7-14(8-13)10-16/h1-4,6-7,9-10,13-14H,5,8H2/b11-6-,12-7-. The van der Waals surface area contributed by atoms with Crippen LogP contribution in [0.2, 0.25) is 0 Å². The fraction of sp³-hybridized carbons (Fsp3) is 0.286. The highest BCUT2D eigenvalue weighted by molar-refractivity contribution is 5.63. The predicted octanol–water partition coefficient (Wildman–Crippen LogP) is 2.39. The maximum Gasteiger partial charge on any atom is 0.126 e. The summed E-state index contributed by atoms with van der Waals surface area (Å²) >= 11 is 0. The van der Waals surface area contributed by atoms with E-state index in [1.165, 1.54) is 0 Å². The molecular formula is C14H14O2. The van der Waals surface area contributed by atoms with Crippen molar-refractivity contribution in [1.29, 1.82) is 0 Å². The molecule has 0 aromatic carbocycles. The zero-order valence-electron chi connectivity index (χ0n) is 9.00. The summed E-state index contributed by atoms with van der Waals surface area (Å²) in [6.45, 7) is 0. The van der Waals surface area contributed by atoms with E-state index in [0.29, 0.717) is 6.42 Å². The first-order valence-electron chi connectivity index (χ1n) is 5.48. The highest BCUT2D eigenvalue weighted by atomic mass is 16.1. The maximum absolute atomic E-state index is 10.9. The van der Waals surface area contributed by atoms with E-state index in [1.807, 2.05) is 36.5 Å². The van der Waals surface area contributed by atoms with Crippen LogP contribution in [0.25, 0.3) is 0 Å². The van der Waals surface area contributed by atoms with Gasteiger partial charge < -0.3 is 9.59 Å². The van der Waals surface area contributed by atoms with Gasteiger partial charge in [-0.25, -0.2) is 0 Å². The molecule has 2 aliphatic rings. The molecule has 0 aliphatic heterocycles. The highest BCUT2D eigenvalue weighted by Crippen LogP contribution is 2.26. The minimum absolute atomic E-state index is 0.147. The molecule has 0 aromatic heterocycles. The fourth-order valence-electron chi connectivity index (χ4n) is 2.13. The molecule has 0 saturated heterocycles. The summed E-state index contributed by atoms with van der Waals surface area (Å²) < 4.78 is 0. The Balaban J connectivity index is 2.36.